The Balaban J connectivity index is 2.33. The average Bonchev–Trinajstić information content (AvgIpc) is 2.78. The van der Waals surface area contributed by atoms with Gasteiger partial charge >= 0.3 is 5.97 Å². The van der Waals surface area contributed by atoms with E-state index in [9.17, 15) is 9.59 Å². The summed E-state index contributed by atoms with van der Waals surface area (Å²) in [6.45, 7) is 1.98. The maximum Gasteiger partial charge on any atom is 0.305 e. The van der Waals surface area contributed by atoms with Gasteiger partial charge in [-0.15, -0.1) is 11.3 Å². The molecule has 0 bridgehead atoms. The zero-order chi connectivity index (χ0) is 13.4. The third-order valence-electron chi connectivity index (χ3n) is 2.60. The van der Waals surface area contributed by atoms with E-state index in [4.69, 9.17) is 5.11 Å². The number of hydrogen-bond donors (Lipinski definition) is 2. The van der Waals surface area contributed by atoms with Crippen molar-refractivity contribution < 1.29 is 14.7 Å². The van der Waals surface area contributed by atoms with E-state index in [0.29, 0.717) is 12.8 Å². The molecule has 0 spiro atoms. The van der Waals surface area contributed by atoms with Crippen LogP contribution in [-0.2, 0) is 16.0 Å². The summed E-state index contributed by atoms with van der Waals surface area (Å²) < 4.78 is 0. The molecular weight excluding hydrogens is 250 g/mol. The molecule has 0 radical (unpaired) electrons. The van der Waals surface area contributed by atoms with Crippen molar-refractivity contribution in [3.8, 4) is 0 Å². The molecule has 0 saturated heterocycles. The number of amides is 1. The molecule has 1 atom stereocenters. The highest BCUT2D eigenvalue weighted by Crippen LogP contribution is 2.11. The Morgan fingerprint density at radius 1 is 1.50 bits per heavy atom. The molecule has 0 aromatic carbocycles. The van der Waals surface area contributed by atoms with Crippen molar-refractivity contribution >= 4 is 23.2 Å². The maximum absolute atomic E-state index is 11.7. The quantitative estimate of drug-likeness (QED) is 0.761. The number of aliphatic carboxylic acids is 1. The van der Waals surface area contributed by atoms with E-state index >= 15 is 0 Å². The highest BCUT2D eigenvalue weighted by Gasteiger charge is 2.14. The molecule has 1 unspecified atom stereocenters. The van der Waals surface area contributed by atoms with Crippen LogP contribution in [0.15, 0.2) is 17.5 Å². The lowest BCUT2D eigenvalue weighted by atomic mass is 10.1. The number of carboxylic acid groups (broad SMARTS) is 1. The van der Waals surface area contributed by atoms with Crippen LogP contribution in [0.1, 0.15) is 37.5 Å². The molecule has 100 valence electrons. The van der Waals surface area contributed by atoms with Gasteiger partial charge in [0, 0.05) is 17.3 Å². The minimum absolute atomic E-state index is 0.00141. The fourth-order valence-electron chi connectivity index (χ4n) is 1.78. The van der Waals surface area contributed by atoms with Crippen LogP contribution < -0.4 is 5.32 Å². The van der Waals surface area contributed by atoms with Crippen molar-refractivity contribution in [1.82, 2.24) is 5.32 Å². The zero-order valence-corrected chi connectivity index (χ0v) is 11.3. The van der Waals surface area contributed by atoms with Gasteiger partial charge in [0.1, 0.15) is 0 Å². The number of thiophene rings is 1. The summed E-state index contributed by atoms with van der Waals surface area (Å²) in [6, 6.07) is 3.71. The fourth-order valence-corrected chi connectivity index (χ4v) is 2.48. The standard InChI is InChI=1S/C13H19NO3S/c1-2-4-10(9-13(16)17)14-12(15)7-6-11-5-3-8-18-11/h3,5,8,10H,2,4,6-7,9H2,1H3,(H,14,15)(H,16,17). The van der Waals surface area contributed by atoms with Gasteiger partial charge in [0.05, 0.1) is 6.42 Å². The third-order valence-corrected chi connectivity index (χ3v) is 3.54. The molecule has 1 rings (SSSR count). The van der Waals surface area contributed by atoms with Gasteiger partial charge in [0.15, 0.2) is 0 Å². The van der Waals surface area contributed by atoms with Gasteiger partial charge < -0.3 is 10.4 Å². The van der Waals surface area contributed by atoms with Gasteiger partial charge in [-0.1, -0.05) is 19.4 Å². The Labute approximate surface area is 111 Å². The Bertz CT molecular complexity index is 376. The van der Waals surface area contributed by atoms with Crippen LogP contribution in [-0.4, -0.2) is 23.0 Å². The van der Waals surface area contributed by atoms with E-state index in [2.05, 4.69) is 5.32 Å². The molecule has 5 heteroatoms. The average molecular weight is 269 g/mol. The second kappa shape index (κ2) is 7.87. The topological polar surface area (TPSA) is 66.4 Å². The van der Waals surface area contributed by atoms with Gasteiger partial charge in [-0.2, -0.15) is 0 Å². The lowest BCUT2D eigenvalue weighted by Gasteiger charge is -2.15. The predicted octanol–water partition coefficient (Wildman–Crippen LogP) is 2.44. The number of hydrogen-bond acceptors (Lipinski definition) is 3. The van der Waals surface area contributed by atoms with E-state index in [1.165, 1.54) is 4.88 Å². The van der Waals surface area contributed by atoms with Crippen LogP contribution >= 0.6 is 11.3 Å². The van der Waals surface area contributed by atoms with Crippen LogP contribution in [0.5, 0.6) is 0 Å². The van der Waals surface area contributed by atoms with Crippen molar-refractivity contribution in [1.29, 1.82) is 0 Å². The lowest BCUT2D eigenvalue weighted by molar-refractivity contribution is -0.137. The minimum atomic E-state index is -0.869. The Hall–Kier alpha value is -1.36. The predicted molar refractivity (Wildman–Crippen MR) is 71.7 cm³/mol. The van der Waals surface area contributed by atoms with Crippen molar-refractivity contribution in [2.45, 2.75) is 45.1 Å². The summed E-state index contributed by atoms with van der Waals surface area (Å²) in [4.78, 5) is 23.5. The molecule has 1 heterocycles. The molecule has 4 nitrogen and oxygen atoms in total. The van der Waals surface area contributed by atoms with Crippen LogP contribution in [0.4, 0.5) is 0 Å². The smallest absolute Gasteiger partial charge is 0.305 e. The van der Waals surface area contributed by atoms with Gasteiger partial charge in [-0.05, 0) is 24.3 Å². The van der Waals surface area contributed by atoms with E-state index < -0.39 is 5.97 Å². The lowest BCUT2D eigenvalue weighted by Crippen LogP contribution is -2.36. The minimum Gasteiger partial charge on any atom is -0.481 e. The summed E-state index contributed by atoms with van der Waals surface area (Å²) in [7, 11) is 0. The van der Waals surface area contributed by atoms with E-state index in [-0.39, 0.29) is 18.4 Å². The molecule has 0 saturated carbocycles. The highest BCUT2D eigenvalue weighted by molar-refractivity contribution is 7.09. The number of nitrogens with one attached hydrogen (secondary N) is 1. The first-order valence-corrected chi connectivity index (χ1v) is 7.03. The molecule has 0 aliphatic heterocycles. The van der Waals surface area contributed by atoms with Crippen molar-refractivity contribution in [2.24, 2.45) is 0 Å². The summed E-state index contributed by atoms with van der Waals surface area (Å²) >= 11 is 1.63. The normalized spacial score (nSPS) is 12.1. The first-order chi connectivity index (χ1) is 8.61. The summed E-state index contributed by atoms with van der Waals surface area (Å²) in [5, 5.41) is 13.5. The summed E-state index contributed by atoms with van der Waals surface area (Å²) in [5.41, 5.74) is 0. The van der Waals surface area contributed by atoms with E-state index in [1.54, 1.807) is 11.3 Å². The molecule has 1 aromatic rings. The van der Waals surface area contributed by atoms with Crippen LogP contribution in [0.3, 0.4) is 0 Å². The van der Waals surface area contributed by atoms with Gasteiger partial charge in [-0.25, -0.2) is 0 Å². The summed E-state index contributed by atoms with van der Waals surface area (Å²) in [5.74, 6) is -0.935. The van der Waals surface area contributed by atoms with Crippen molar-refractivity contribution in [3.63, 3.8) is 0 Å². The third kappa shape index (κ3) is 5.82. The molecule has 1 amide bonds. The SMILES string of the molecule is CCCC(CC(=O)O)NC(=O)CCc1cccs1. The molecule has 2 N–H and O–H groups in total. The van der Waals surface area contributed by atoms with E-state index in [0.717, 1.165) is 12.8 Å². The van der Waals surface area contributed by atoms with Gasteiger partial charge in [0.2, 0.25) is 5.91 Å². The first-order valence-electron chi connectivity index (χ1n) is 6.15. The van der Waals surface area contributed by atoms with Crippen LogP contribution in [0, 0.1) is 0 Å². The van der Waals surface area contributed by atoms with Crippen LogP contribution in [0.2, 0.25) is 0 Å². The molecule has 0 fully saturated rings. The summed E-state index contributed by atoms with van der Waals surface area (Å²) in [6.07, 6.45) is 2.70. The first kappa shape index (κ1) is 14.7. The molecule has 0 aliphatic carbocycles. The monoisotopic (exact) mass is 269 g/mol. The largest absolute Gasteiger partial charge is 0.481 e. The fraction of sp³-hybridized carbons (Fsp3) is 0.538. The molecular formula is C13H19NO3S. The zero-order valence-electron chi connectivity index (χ0n) is 10.5. The Morgan fingerprint density at radius 3 is 2.83 bits per heavy atom. The Morgan fingerprint density at radius 2 is 2.28 bits per heavy atom. The number of carboxylic acids is 1. The molecule has 18 heavy (non-hydrogen) atoms. The van der Waals surface area contributed by atoms with Crippen molar-refractivity contribution in [3.05, 3.63) is 22.4 Å². The highest BCUT2D eigenvalue weighted by atomic mass is 32.1. The number of carbonyl (C=O) groups is 2. The van der Waals surface area contributed by atoms with Gasteiger partial charge in [0.25, 0.3) is 0 Å². The Kier molecular flexibility index (Phi) is 6.43. The maximum atomic E-state index is 11.7. The van der Waals surface area contributed by atoms with Crippen LogP contribution in [0.25, 0.3) is 0 Å². The van der Waals surface area contributed by atoms with Crippen molar-refractivity contribution in [2.75, 3.05) is 0 Å². The molecule has 0 aliphatic rings. The molecule has 1 aromatic heterocycles. The second-order valence-corrected chi connectivity index (χ2v) is 5.26. The second-order valence-electron chi connectivity index (χ2n) is 4.23. The van der Waals surface area contributed by atoms with Gasteiger partial charge in [-0.3, -0.25) is 9.59 Å². The van der Waals surface area contributed by atoms with E-state index in [1.807, 2.05) is 24.4 Å². The number of carbonyl (C=O) groups excluding carboxylic acids is 1. The number of aryl methyl sites for hydroxylation is 1. The number of rotatable bonds is 8.